The Labute approximate surface area is 107 Å². The molecule has 0 unspecified atom stereocenters. The maximum Gasteiger partial charge on any atom is 0.330 e. The molecule has 4 nitrogen and oxygen atoms in total. The molecule has 0 fully saturated rings. The number of aliphatic hydroxyl groups excluding tert-OH is 2. The van der Waals surface area contributed by atoms with Crippen LogP contribution in [0.2, 0.25) is 0 Å². The average molecular weight is 252 g/mol. The molecule has 0 amide bonds. The minimum absolute atomic E-state index is 0.143. The van der Waals surface area contributed by atoms with Crippen LogP contribution >= 0.6 is 0 Å². The van der Waals surface area contributed by atoms with E-state index in [-0.39, 0.29) is 6.10 Å². The van der Waals surface area contributed by atoms with Gasteiger partial charge in [-0.15, -0.1) is 0 Å². The summed E-state index contributed by atoms with van der Waals surface area (Å²) < 4.78 is 5.13. The average Bonchev–Trinajstić information content (AvgIpc) is 2.32. The summed E-state index contributed by atoms with van der Waals surface area (Å²) in [5.74, 6) is -0.455. The van der Waals surface area contributed by atoms with Gasteiger partial charge in [-0.3, -0.25) is 0 Å². The maximum absolute atomic E-state index is 11.4. The number of rotatable bonds is 0. The summed E-state index contributed by atoms with van der Waals surface area (Å²) in [5.41, 5.74) is 0. The zero-order valence-electron chi connectivity index (χ0n) is 10.5. The van der Waals surface area contributed by atoms with E-state index in [9.17, 15) is 15.0 Å². The molecule has 0 aromatic rings. The van der Waals surface area contributed by atoms with Gasteiger partial charge in [-0.1, -0.05) is 24.3 Å². The number of esters is 1. The zero-order chi connectivity index (χ0) is 13.4. The lowest BCUT2D eigenvalue weighted by molar-refractivity contribution is -0.142. The number of hydrogen-bond acceptors (Lipinski definition) is 4. The van der Waals surface area contributed by atoms with Crippen molar-refractivity contribution in [2.75, 3.05) is 0 Å². The van der Waals surface area contributed by atoms with Crippen LogP contribution in [0, 0.1) is 0 Å². The number of aliphatic hydroxyl groups is 2. The van der Waals surface area contributed by atoms with Gasteiger partial charge in [0, 0.05) is 6.08 Å². The molecule has 1 rings (SSSR count). The second kappa shape index (κ2) is 7.84. The van der Waals surface area contributed by atoms with Crippen molar-refractivity contribution in [3.8, 4) is 0 Å². The number of carbonyl (C=O) groups is 1. The summed E-state index contributed by atoms with van der Waals surface area (Å²) in [6.07, 6.45) is 9.74. The molecule has 0 radical (unpaired) electrons. The predicted octanol–water partition coefficient (Wildman–Crippen LogP) is 1.49. The minimum atomic E-state index is -0.904. The van der Waals surface area contributed by atoms with E-state index in [0.717, 1.165) is 19.3 Å². The Kier molecular flexibility index (Phi) is 6.39. The van der Waals surface area contributed by atoms with Crippen LogP contribution < -0.4 is 0 Å². The van der Waals surface area contributed by atoms with Crippen LogP contribution in [0.3, 0.4) is 0 Å². The van der Waals surface area contributed by atoms with Gasteiger partial charge in [0.25, 0.3) is 0 Å². The third-order valence-electron chi connectivity index (χ3n) is 2.57. The molecule has 4 heteroatoms. The van der Waals surface area contributed by atoms with Crippen molar-refractivity contribution in [2.24, 2.45) is 0 Å². The van der Waals surface area contributed by atoms with Gasteiger partial charge < -0.3 is 14.9 Å². The third-order valence-corrected chi connectivity index (χ3v) is 2.57. The molecule has 0 aromatic carbocycles. The van der Waals surface area contributed by atoms with E-state index in [2.05, 4.69) is 0 Å². The van der Waals surface area contributed by atoms with Crippen LogP contribution in [0.4, 0.5) is 0 Å². The summed E-state index contributed by atoms with van der Waals surface area (Å²) in [6.45, 7) is 1.84. The molecule has 3 atom stereocenters. The van der Waals surface area contributed by atoms with Gasteiger partial charge in [-0.2, -0.15) is 0 Å². The third kappa shape index (κ3) is 6.37. The molecule has 0 saturated carbocycles. The van der Waals surface area contributed by atoms with Crippen molar-refractivity contribution in [2.45, 2.75) is 44.5 Å². The zero-order valence-corrected chi connectivity index (χ0v) is 10.5. The fraction of sp³-hybridized carbons (Fsp3) is 0.500. The van der Waals surface area contributed by atoms with E-state index in [4.69, 9.17) is 4.74 Å². The number of cyclic esters (lactones) is 1. The Hall–Kier alpha value is -1.39. The summed E-state index contributed by atoms with van der Waals surface area (Å²) in [4.78, 5) is 11.4. The summed E-state index contributed by atoms with van der Waals surface area (Å²) >= 11 is 0. The van der Waals surface area contributed by atoms with Crippen LogP contribution in [0.5, 0.6) is 0 Å². The van der Waals surface area contributed by atoms with Crippen LogP contribution in [0.1, 0.15) is 26.2 Å². The van der Waals surface area contributed by atoms with E-state index < -0.39 is 18.2 Å². The highest BCUT2D eigenvalue weighted by Crippen LogP contribution is 2.07. The van der Waals surface area contributed by atoms with Crippen molar-refractivity contribution in [1.82, 2.24) is 0 Å². The molecule has 0 saturated heterocycles. The van der Waals surface area contributed by atoms with Crippen molar-refractivity contribution in [3.05, 3.63) is 36.5 Å². The lowest BCUT2D eigenvalue weighted by Crippen LogP contribution is -2.13. The van der Waals surface area contributed by atoms with Crippen LogP contribution in [0.25, 0.3) is 0 Å². The number of allylic oxidation sites excluding steroid dienone is 1. The van der Waals surface area contributed by atoms with E-state index in [1.54, 1.807) is 6.08 Å². The van der Waals surface area contributed by atoms with E-state index in [1.165, 1.54) is 24.3 Å². The second-order valence-electron chi connectivity index (χ2n) is 4.33. The number of hydrogen-bond donors (Lipinski definition) is 2. The molecule has 1 heterocycles. The van der Waals surface area contributed by atoms with E-state index in [0.29, 0.717) is 0 Å². The van der Waals surface area contributed by atoms with Gasteiger partial charge in [0.05, 0.1) is 18.3 Å². The first kappa shape index (κ1) is 14.7. The topological polar surface area (TPSA) is 66.8 Å². The van der Waals surface area contributed by atoms with Crippen molar-refractivity contribution in [3.63, 3.8) is 0 Å². The molecule has 2 N–H and O–H groups in total. The monoisotopic (exact) mass is 252 g/mol. The molecule has 0 aliphatic carbocycles. The molecule has 18 heavy (non-hydrogen) atoms. The first-order valence-corrected chi connectivity index (χ1v) is 6.18. The fourth-order valence-corrected chi connectivity index (χ4v) is 1.59. The lowest BCUT2D eigenvalue weighted by Gasteiger charge is -2.11. The largest absolute Gasteiger partial charge is 0.460 e. The molecule has 1 aliphatic rings. The van der Waals surface area contributed by atoms with Crippen LogP contribution in [-0.4, -0.2) is 34.5 Å². The molecule has 0 aromatic heterocycles. The highest BCUT2D eigenvalue weighted by molar-refractivity contribution is 5.82. The van der Waals surface area contributed by atoms with Gasteiger partial charge in [0.2, 0.25) is 0 Å². The van der Waals surface area contributed by atoms with Crippen molar-refractivity contribution in [1.29, 1.82) is 0 Å². The van der Waals surface area contributed by atoms with Gasteiger partial charge in [0.1, 0.15) is 0 Å². The highest BCUT2D eigenvalue weighted by atomic mass is 16.5. The highest BCUT2D eigenvalue weighted by Gasteiger charge is 2.07. The predicted molar refractivity (Wildman–Crippen MR) is 68.8 cm³/mol. The first-order valence-electron chi connectivity index (χ1n) is 6.18. The minimum Gasteiger partial charge on any atom is -0.460 e. The van der Waals surface area contributed by atoms with E-state index >= 15 is 0 Å². The second-order valence-corrected chi connectivity index (χ2v) is 4.33. The standard InChI is InChI=1S/C14H20O4/c1-11-5-3-2-4-6-12(15)7-8-13(16)9-10-14(17)18-11/h4,6-13,15-16H,2-3,5H2,1H3/b6-4+,8-7+,10-9+/t11-,12+,13+/m0/s1. The van der Waals surface area contributed by atoms with E-state index in [1.807, 2.05) is 13.0 Å². The Morgan fingerprint density at radius 1 is 1.17 bits per heavy atom. The molecule has 1 aliphatic heterocycles. The summed E-state index contributed by atoms with van der Waals surface area (Å²) in [5, 5.41) is 19.0. The normalized spacial score (nSPS) is 36.2. The fourth-order valence-electron chi connectivity index (χ4n) is 1.59. The molecule has 0 spiro atoms. The smallest absolute Gasteiger partial charge is 0.330 e. The number of carbonyl (C=O) groups excluding carboxylic acids is 1. The Bertz CT molecular complexity index is 344. The summed E-state index contributed by atoms with van der Waals surface area (Å²) in [6, 6.07) is 0. The quantitative estimate of drug-likeness (QED) is 0.506. The van der Waals surface area contributed by atoms with Crippen LogP contribution in [-0.2, 0) is 9.53 Å². The van der Waals surface area contributed by atoms with Gasteiger partial charge >= 0.3 is 5.97 Å². The van der Waals surface area contributed by atoms with Crippen molar-refractivity contribution >= 4 is 5.97 Å². The Morgan fingerprint density at radius 3 is 2.56 bits per heavy atom. The lowest BCUT2D eigenvalue weighted by atomic mass is 10.1. The van der Waals surface area contributed by atoms with Crippen molar-refractivity contribution < 1.29 is 19.7 Å². The maximum atomic E-state index is 11.4. The number of ether oxygens (including phenoxy) is 1. The summed E-state index contributed by atoms with van der Waals surface area (Å²) in [7, 11) is 0. The molecular formula is C14H20O4. The SMILES string of the molecule is C[C@H]1CCC/C=C/[C@@H](O)/C=C/[C@@H](O)/C=C/C(=O)O1. The molecule has 100 valence electrons. The van der Waals surface area contributed by atoms with Crippen LogP contribution in [0.15, 0.2) is 36.5 Å². The molecular weight excluding hydrogens is 232 g/mol. The molecule has 0 bridgehead atoms. The Balaban J connectivity index is 2.69. The Morgan fingerprint density at radius 2 is 1.83 bits per heavy atom. The first-order chi connectivity index (χ1) is 8.58. The van der Waals surface area contributed by atoms with Gasteiger partial charge in [0.15, 0.2) is 0 Å². The van der Waals surface area contributed by atoms with Gasteiger partial charge in [-0.05, 0) is 32.3 Å². The van der Waals surface area contributed by atoms with Gasteiger partial charge in [-0.25, -0.2) is 4.79 Å².